The molecule has 2 rings (SSSR count). The van der Waals surface area contributed by atoms with Gasteiger partial charge in [-0.3, -0.25) is 4.79 Å². The van der Waals surface area contributed by atoms with Gasteiger partial charge < -0.3 is 19.8 Å². The summed E-state index contributed by atoms with van der Waals surface area (Å²) in [4.78, 5) is 24.6. The summed E-state index contributed by atoms with van der Waals surface area (Å²) in [5, 5.41) is 14.8. The van der Waals surface area contributed by atoms with Crippen LogP contribution in [0.1, 0.15) is 101 Å². The Labute approximate surface area is 216 Å². The first-order chi connectivity index (χ1) is 17.6. The number of hydrogen-bond acceptors (Lipinski definition) is 7. The summed E-state index contributed by atoms with van der Waals surface area (Å²) in [6.45, 7) is 5.86. The largest absolute Gasteiger partial charge is 0.465 e. The molecule has 0 saturated carbocycles. The third-order valence-corrected chi connectivity index (χ3v) is 6.22. The lowest BCUT2D eigenvalue weighted by molar-refractivity contribution is -0.123. The second-order valence-corrected chi connectivity index (χ2v) is 9.25. The molecule has 200 valence electrons. The number of unbranched alkanes of at least 4 members (excludes halogenated alkanes) is 9. The van der Waals surface area contributed by atoms with Crippen LogP contribution >= 0.6 is 0 Å². The van der Waals surface area contributed by atoms with Gasteiger partial charge in [-0.1, -0.05) is 71.6 Å². The number of rotatable bonds is 19. The monoisotopic (exact) mass is 500 g/mol. The topological polar surface area (TPSA) is 106 Å². The Bertz CT molecular complexity index is 882. The molecule has 0 aliphatic rings. The van der Waals surface area contributed by atoms with Crippen molar-refractivity contribution in [2.45, 2.75) is 96.9 Å². The molecule has 1 aromatic heterocycles. The Kier molecular flexibility index (Phi) is 14.5. The van der Waals surface area contributed by atoms with Crippen molar-refractivity contribution in [1.29, 1.82) is 0 Å². The van der Waals surface area contributed by atoms with Crippen LogP contribution in [0.15, 0.2) is 28.7 Å². The lowest BCUT2D eigenvalue weighted by Crippen LogP contribution is -2.46. The number of hydrogen-bond donors (Lipinski definition) is 2. The van der Waals surface area contributed by atoms with Gasteiger partial charge in [-0.25, -0.2) is 4.79 Å². The lowest BCUT2D eigenvalue weighted by atomic mass is 10.1. The molecule has 0 unspecified atom stereocenters. The molecule has 36 heavy (non-hydrogen) atoms. The molecule has 2 aromatic rings. The predicted molar refractivity (Wildman–Crippen MR) is 142 cm³/mol. The zero-order valence-electron chi connectivity index (χ0n) is 22.3. The smallest absolute Gasteiger partial charge is 0.337 e. The molecule has 1 aromatic carbocycles. The van der Waals surface area contributed by atoms with E-state index in [1.54, 1.807) is 24.3 Å². The summed E-state index contributed by atoms with van der Waals surface area (Å²) in [6.07, 6.45) is 13.4. The molecule has 0 aliphatic carbocycles. The Balaban J connectivity index is 1.92. The number of ether oxygens (including phenoxy) is 1. The van der Waals surface area contributed by atoms with Crippen LogP contribution in [0.3, 0.4) is 0 Å². The Hall–Kier alpha value is -2.74. The van der Waals surface area contributed by atoms with Crippen LogP contribution in [-0.4, -0.2) is 48.3 Å². The van der Waals surface area contributed by atoms with Gasteiger partial charge in [0.15, 0.2) is 0 Å². The second kappa shape index (κ2) is 17.7. The van der Waals surface area contributed by atoms with Gasteiger partial charge in [0.05, 0.1) is 25.1 Å². The molecular formula is C28H44N4O4. The summed E-state index contributed by atoms with van der Waals surface area (Å²) in [5.41, 5.74) is 1.15. The minimum atomic E-state index is -0.425. The van der Waals surface area contributed by atoms with E-state index in [9.17, 15) is 9.59 Å². The number of carbonyl (C=O) groups excluding carboxylic acids is 2. The van der Waals surface area contributed by atoms with E-state index in [0.29, 0.717) is 35.9 Å². The molecule has 2 N–H and O–H groups in total. The van der Waals surface area contributed by atoms with Crippen LogP contribution in [0.25, 0.3) is 11.5 Å². The third-order valence-electron chi connectivity index (χ3n) is 6.22. The van der Waals surface area contributed by atoms with Crippen molar-refractivity contribution >= 4 is 11.9 Å². The zero-order chi connectivity index (χ0) is 26.0. The number of methoxy groups -OCH3 is 1. The van der Waals surface area contributed by atoms with Crippen LogP contribution in [0.5, 0.6) is 0 Å². The van der Waals surface area contributed by atoms with Gasteiger partial charge in [-0.05, 0) is 43.7 Å². The minimum Gasteiger partial charge on any atom is -0.465 e. The number of carbonyl (C=O) groups is 2. The van der Waals surface area contributed by atoms with E-state index < -0.39 is 12.0 Å². The van der Waals surface area contributed by atoms with E-state index >= 15 is 0 Å². The van der Waals surface area contributed by atoms with Crippen molar-refractivity contribution in [3.8, 4) is 11.5 Å². The maximum absolute atomic E-state index is 12.9. The van der Waals surface area contributed by atoms with E-state index in [2.05, 4.69) is 34.7 Å². The van der Waals surface area contributed by atoms with Gasteiger partial charge in [0.1, 0.15) is 0 Å². The van der Waals surface area contributed by atoms with Crippen LogP contribution in [0.2, 0.25) is 0 Å². The van der Waals surface area contributed by atoms with Crippen LogP contribution in [0.4, 0.5) is 0 Å². The Morgan fingerprint density at radius 1 is 0.861 bits per heavy atom. The number of esters is 1. The first-order valence-electron chi connectivity index (χ1n) is 13.6. The standard InChI is InChI=1S/C28H44N4O4/c1-4-6-8-10-11-12-14-19-29-24(26(33)30-20-13-9-7-5-2)21-25-31-32-27(36-25)22-15-17-23(18-16-22)28(34)35-3/h15-18,24,29H,4-14,19-21H2,1-3H3,(H,30,33)/t24-/m0/s1. The highest BCUT2D eigenvalue weighted by Gasteiger charge is 2.21. The summed E-state index contributed by atoms with van der Waals surface area (Å²) in [7, 11) is 1.35. The first-order valence-corrected chi connectivity index (χ1v) is 13.6. The average Bonchev–Trinajstić information content (AvgIpc) is 3.37. The highest BCUT2D eigenvalue weighted by atomic mass is 16.5. The SMILES string of the molecule is CCCCCCCCCN[C@@H](Cc1nnc(-c2ccc(C(=O)OC)cc2)o1)C(=O)NCCCCCC. The molecule has 0 aliphatic heterocycles. The highest BCUT2D eigenvalue weighted by Crippen LogP contribution is 2.19. The lowest BCUT2D eigenvalue weighted by Gasteiger charge is -2.17. The zero-order valence-corrected chi connectivity index (χ0v) is 22.3. The van der Waals surface area contributed by atoms with Gasteiger partial charge in [0, 0.05) is 12.1 Å². The molecule has 0 fully saturated rings. The van der Waals surface area contributed by atoms with E-state index in [0.717, 1.165) is 32.2 Å². The number of benzene rings is 1. The van der Waals surface area contributed by atoms with Crippen molar-refractivity contribution < 1.29 is 18.7 Å². The number of nitrogens with zero attached hydrogens (tertiary/aromatic N) is 2. The number of nitrogens with one attached hydrogen (secondary N) is 2. The quantitative estimate of drug-likeness (QED) is 0.194. The summed E-state index contributed by atoms with van der Waals surface area (Å²) in [6, 6.07) is 6.37. The number of amides is 1. The van der Waals surface area contributed by atoms with E-state index in [4.69, 9.17) is 9.15 Å². The molecule has 1 heterocycles. The van der Waals surface area contributed by atoms with Gasteiger partial charge in [-0.15, -0.1) is 10.2 Å². The molecule has 0 radical (unpaired) electrons. The third kappa shape index (κ3) is 10.9. The van der Waals surface area contributed by atoms with Gasteiger partial charge in [-0.2, -0.15) is 0 Å². The van der Waals surface area contributed by atoms with Crippen molar-refractivity contribution in [2.24, 2.45) is 0 Å². The first kappa shape index (κ1) is 29.5. The normalized spacial score (nSPS) is 11.9. The Morgan fingerprint density at radius 2 is 1.47 bits per heavy atom. The maximum atomic E-state index is 12.9. The van der Waals surface area contributed by atoms with Crippen LogP contribution < -0.4 is 10.6 Å². The minimum absolute atomic E-state index is 0.0309. The van der Waals surface area contributed by atoms with Crippen molar-refractivity contribution in [1.82, 2.24) is 20.8 Å². The van der Waals surface area contributed by atoms with E-state index in [1.807, 2.05) is 0 Å². The highest BCUT2D eigenvalue weighted by molar-refractivity contribution is 5.89. The summed E-state index contributed by atoms with van der Waals surface area (Å²) < 4.78 is 10.6. The molecule has 8 heteroatoms. The molecule has 8 nitrogen and oxygen atoms in total. The summed E-state index contributed by atoms with van der Waals surface area (Å²) in [5.74, 6) is 0.326. The average molecular weight is 501 g/mol. The summed E-state index contributed by atoms with van der Waals surface area (Å²) >= 11 is 0. The molecule has 1 atom stereocenters. The predicted octanol–water partition coefficient (Wildman–Crippen LogP) is 5.47. The van der Waals surface area contributed by atoms with E-state index in [1.165, 1.54) is 52.1 Å². The molecule has 0 spiro atoms. The van der Waals surface area contributed by atoms with Gasteiger partial charge in [0.2, 0.25) is 17.7 Å². The fourth-order valence-electron chi connectivity index (χ4n) is 4.00. The van der Waals surface area contributed by atoms with Crippen LogP contribution in [0, 0.1) is 0 Å². The molecule has 1 amide bonds. The second-order valence-electron chi connectivity index (χ2n) is 9.25. The van der Waals surface area contributed by atoms with Crippen LogP contribution in [-0.2, 0) is 16.0 Å². The van der Waals surface area contributed by atoms with Crippen molar-refractivity contribution in [2.75, 3.05) is 20.2 Å². The fraction of sp³-hybridized carbons (Fsp3) is 0.643. The molecule has 0 bridgehead atoms. The maximum Gasteiger partial charge on any atom is 0.337 e. The Morgan fingerprint density at radius 3 is 2.14 bits per heavy atom. The number of aromatic nitrogens is 2. The van der Waals surface area contributed by atoms with Crippen molar-refractivity contribution in [3.63, 3.8) is 0 Å². The van der Waals surface area contributed by atoms with Gasteiger partial charge in [0.25, 0.3) is 0 Å². The molecular weight excluding hydrogens is 456 g/mol. The van der Waals surface area contributed by atoms with Crippen molar-refractivity contribution in [3.05, 3.63) is 35.7 Å². The fourth-order valence-corrected chi connectivity index (χ4v) is 4.00. The molecule has 0 saturated heterocycles. The van der Waals surface area contributed by atoms with E-state index in [-0.39, 0.29) is 5.91 Å². The van der Waals surface area contributed by atoms with Gasteiger partial charge >= 0.3 is 5.97 Å².